The van der Waals surface area contributed by atoms with Gasteiger partial charge in [-0.05, 0) is 24.6 Å². The van der Waals surface area contributed by atoms with Gasteiger partial charge in [-0.25, -0.2) is 5.43 Å². The van der Waals surface area contributed by atoms with Crippen LogP contribution >= 0.6 is 0 Å². The molecular formula is C16H22N6O2. The molecule has 0 bridgehead atoms. The molecule has 3 heterocycles. The van der Waals surface area contributed by atoms with Crippen LogP contribution < -0.4 is 25.6 Å². The molecule has 0 radical (unpaired) electrons. The third-order valence-electron chi connectivity index (χ3n) is 4.58. The number of nitrogens with one attached hydrogen (secondary N) is 3. The zero-order chi connectivity index (χ0) is 16.4. The monoisotopic (exact) mass is 330 g/mol. The maximum Gasteiger partial charge on any atom is 0.231 e. The van der Waals surface area contributed by atoms with Gasteiger partial charge in [0.25, 0.3) is 0 Å². The molecule has 2 aliphatic rings. The van der Waals surface area contributed by atoms with Gasteiger partial charge < -0.3 is 19.4 Å². The SMILES string of the molecule is CCn1cnnc1CNCC1CNNC1c1ccc2c(c1)OCO2. The number of nitrogens with zero attached hydrogens (tertiary/aromatic N) is 3. The van der Waals surface area contributed by atoms with Crippen molar-refractivity contribution in [2.24, 2.45) is 5.92 Å². The van der Waals surface area contributed by atoms with Gasteiger partial charge in [0.05, 0.1) is 12.6 Å². The van der Waals surface area contributed by atoms with Crippen LogP contribution in [0.1, 0.15) is 24.4 Å². The summed E-state index contributed by atoms with van der Waals surface area (Å²) < 4.78 is 12.9. The molecule has 1 fully saturated rings. The summed E-state index contributed by atoms with van der Waals surface area (Å²) in [6.45, 7) is 5.79. The third-order valence-corrected chi connectivity index (χ3v) is 4.58. The lowest BCUT2D eigenvalue weighted by atomic mass is 9.94. The maximum absolute atomic E-state index is 5.49. The van der Waals surface area contributed by atoms with Crippen molar-refractivity contribution < 1.29 is 9.47 Å². The number of ether oxygens (including phenoxy) is 2. The third kappa shape index (κ3) is 2.95. The van der Waals surface area contributed by atoms with E-state index in [1.54, 1.807) is 6.33 Å². The number of hydrazine groups is 1. The molecule has 0 aliphatic carbocycles. The highest BCUT2D eigenvalue weighted by molar-refractivity contribution is 5.45. The molecule has 24 heavy (non-hydrogen) atoms. The molecule has 1 aromatic carbocycles. The summed E-state index contributed by atoms with van der Waals surface area (Å²) in [5, 5.41) is 11.6. The Bertz CT molecular complexity index is 704. The van der Waals surface area contributed by atoms with Crippen molar-refractivity contribution >= 4 is 0 Å². The number of hydrogen-bond donors (Lipinski definition) is 3. The number of aromatic nitrogens is 3. The van der Waals surface area contributed by atoms with Gasteiger partial charge in [0.15, 0.2) is 11.5 Å². The summed E-state index contributed by atoms with van der Waals surface area (Å²) >= 11 is 0. The summed E-state index contributed by atoms with van der Waals surface area (Å²) in [6.07, 6.45) is 1.77. The van der Waals surface area contributed by atoms with Crippen LogP contribution in [0, 0.1) is 5.92 Å². The van der Waals surface area contributed by atoms with Gasteiger partial charge in [0.2, 0.25) is 6.79 Å². The van der Waals surface area contributed by atoms with Crippen molar-refractivity contribution in [3.05, 3.63) is 35.9 Å². The molecule has 1 aromatic heterocycles. The Labute approximate surface area is 140 Å². The molecule has 2 aromatic rings. The first kappa shape index (κ1) is 15.4. The second-order valence-corrected chi connectivity index (χ2v) is 6.04. The average Bonchev–Trinajstić information content (AvgIpc) is 3.34. The first-order chi connectivity index (χ1) is 11.8. The fourth-order valence-electron chi connectivity index (χ4n) is 3.24. The summed E-state index contributed by atoms with van der Waals surface area (Å²) in [6, 6.07) is 6.37. The van der Waals surface area contributed by atoms with Gasteiger partial charge in [-0.1, -0.05) is 6.07 Å². The molecule has 2 aliphatic heterocycles. The van der Waals surface area contributed by atoms with Gasteiger partial charge in [0.1, 0.15) is 12.2 Å². The maximum atomic E-state index is 5.49. The number of benzene rings is 1. The van der Waals surface area contributed by atoms with E-state index in [0.717, 1.165) is 43.5 Å². The highest BCUT2D eigenvalue weighted by Crippen LogP contribution is 2.36. The lowest BCUT2D eigenvalue weighted by Crippen LogP contribution is -2.29. The van der Waals surface area contributed by atoms with Crippen molar-refractivity contribution in [3.8, 4) is 11.5 Å². The summed E-state index contributed by atoms with van der Waals surface area (Å²) in [5.41, 5.74) is 7.82. The molecule has 0 spiro atoms. The predicted molar refractivity (Wildman–Crippen MR) is 87.3 cm³/mol. The van der Waals surface area contributed by atoms with E-state index < -0.39 is 0 Å². The normalized spacial score (nSPS) is 22.2. The Morgan fingerprint density at radius 3 is 3.17 bits per heavy atom. The van der Waals surface area contributed by atoms with Crippen LogP contribution in [0.5, 0.6) is 11.5 Å². The number of hydrogen-bond acceptors (Lipinski definition) is 7. The van der Waals surface area contributed by atoms with Crippen LogP contribution in [0.25, 0.3) is 0 Å². The van der Waals surface area contributed by atoms with Crippen molar-refractivity contribution in [1.29, 1.82) is 0 Å². The molecule has 1 saturated heterocycles. The predicted octanol–water partition coefficient (Wildman–Crippen LogP) is 0.582. The van der Waals surface area contributed by atoms with Crippen LogP contribution in [0.3, 0.4) is 0 Å². The Kier molecular flexibility index (Phi) is 4.33. The second kappa shape index (κ2) is 6.76. The highest BCUT2D eigenvalue weighted by Gasteiger charge is 2.29. The topological polar surface area (TPSA) is 85.3 Å². The minimum Gasteiger partial charge on any atom is -0.454 e. The zero-order valence-corrected chi connectivity index (χ0v) is 13.7. The van der Waals surface area contributed by atoms with E-state index >= 15 is 0 Å². The van der Waals surface area contributed by atoms with E-state index in [2.05, 4.69) is 45.4 Å². The number of fused-ring (bicyclic) bond motifs is 1. The minimum absolute atomic E-state index is 0.232. The standard InChI is InChI=1S/C16H22N6O2/c1-2-22-9-19-20-15(22)8-17-6-12-7-18-21-16(12)11-3-4-13-14(5-11)24-10-23-13/h3-5,9,12,16-18,21H,2,6-8,10H2,1H3. The first-order valence-corrected chi connectivity index (χ1v) is 8.30. The molecular weight excluding hydrogens is 308 g/mol. The van der Waals surface area contributed by atoms with Crippen molar-refractivity contribution in [2.45, 2.75) is 26.1 Å². The van der Waals surface area contributed by atoms with Gasteiger partial charge >= 0.3 is 0 Å². The zero-order valence-electron chi connectivity index (χ0n) is 13.7. The number of aryl methyl sites for hydroxylation is 1. The Morgan fingerprint density at radius 1 is 1.33 bits per heavy atom. The van der Waals surface area contributed by atoms with Gasteiger partial charge in [-0.15, -0.1) is 10.2 Å². The molecule has 0 amide bonds. The largest absolute Gasteiger partial charge is 0.454 e. The van der Waals surface area contributed by atoms with E-state index in [4.69, 9.17) is 9.47 Å². The lowest BCUT2D eigenvalue weighted by molar-refractivity contribution is 0.174. The Balaban J connectivity index is 1.38. The molecule has 8 heteroatoms. The van der Waals surface area contributed by atoms with Crippen LogP contribution in [0.4, 0.5) is 0 Å². The Hall–Kier alpha value is -2.16. The fraction of sp³-hybridized carbons (Fsp3) is 0.500. The van der Waals surface area contributed by atoms with Gasteiger partial charge in [-0.3, -0.25) is 5.43 Å². The van der Waals surface area contributed by atoms with Crippen molar-refractivity contribution in [1.82, 2.24) is 30.9 Å². The van der Waals surface area contributed by atoms with Crippen LogP contribution in [0.15, 0.2) is 24.5 Å². The van der Waals surface area contributed by atoms with Crippen LogP contribution in [-0.2, 0) is 13.1 Å². The van der Waals surface area contributed by atoms with E-state index in [1.165, 1.54) is 5.56 Å². The van der Waals surface area contributed by atoms with Crippen molar-refractivity contribution in [2.75, 3.05) is 19.9 Å². The van der Waals surface area contributed by atoms with Crippen LogP contribution in [0.2, 0.25) is 0 Å². The lowest BCUT2D eigenvalue weighted by Gasteiger charge is -2.19. The van der Waals surface area contributed by atoms with Gasteiger partial charge in [0, 0.05) is 25.6 Å². The molecule has 3 N–H and O–H groups in total. The molecule has 2 atom stereocenters. The Morgan fingerprint density at radius 2 is 2.25 bits per heavy atom. The van der Waals surface area contributed by atoms with Crippen molar-refractivity contribution in [3.63, 3.8) is 0 Å². The van der Waals surface area contributed by atoms with E-state index in [1.807, 2.05) is 10.6 Å². The second-order valence-electron chi connectivity index (χ2n) is 6.04. The minimum atomic E-state index is 0.232. The summed E-state index contributed by atoms with van der Waals surface area (Å²) in [5.74, 6) is 3.04. The van der Waals surface area contributed by atoms with E-state index in [-0.39, 0.29) is 6.04 Å². The van der Waals surface area contributed by atoms with E-state index in [0.29, 0.717) is 12.7 Å². The average molecular weight is 330 g/mol. The smallest absolute Gasteiger partial charge is 0.231 e. The highest BCUT2D eigenvalue weighted by atomic mass is 16.7. The molecule has 128 valence electrons. The van der Waals surface area contributed by atoms with Crippen LogP contribution in [-0.4, -0.2) is 34.6 Å². The fourth-order valence-corrected chi connectivity index (χ4v) is 3.24. The summed E-state index contributed by atoms with van der Waals surface area (Å²) in [4.78, 5) is 0. The molecule has 8 nitrogen and oxygen atoms in total. The van der Waals surface area contributed by atoms with Gasteiger partial charge in [-0.2, -0.15) is 0 Å². The van der Waals surface area contributed by atoms with E-state index in [9.17, 15) is 0 Å². The quantitative estimate of drug-likeness (QED) is 0.714. The number of rotatable bonds is 6. The summed E-state index contributed by atoms with van der Waals surface area (Å²) in [7, 11) is 0. The first-order valence-electron chi connectivity index (χ1n) is 8.30. The molecule has 4 rings (SSSR count). The molecule has 0 saturated carbocycles. The molecule has 2 unspecified atom stereocenters.